The Kier molecular flexibility index (Phi) is 4.74. The molecule has 5 nitrogen and oxygen atoms in total. The number of amides is 1. The Morgan fingerprint density at radius 1 is 1.23 bits per heavy atom. The van der Waals surface area contributed by atoms with Crippen molar-refractivity contribution < 1.29 is 19.4 Å². The van der Waals surface area contributed by atoms with Crippen LogP contribution in [0.1, 0.15) is 32.3 Å². The highest BCUT2D eigenvalue weighted by molar-refractivity contribution is 5.86. The number of hydrogen-bond acceptors (Lipinski definition) is 3. The van der Waals surface area contributed by atoms with Crippen LogP contribution in [0.5, 0.6) is 5.75 Å². The zero-order chi connectivity index (χ0) is 16.3. The summed E-state index contributed by atoms with van der Waals surface area (Å²) >= 11 is 0. The minimum Gasteiger partial charge on any atom is -0.497 e. The number of ether oxygens (including phenoxy) is 1. The molecule has 2 N–H and O–H groups in total. The van der Waals surface area contributed by atoms with Gasteiger partial charge in [0.25, 0.3) is 0 Å². The molecular weight excluding hydrogens is 282 g/mol. The average molecular weight is 305 g/mol. The van der Waals surface area contributed by atoms with Crippen LogP contribution in [0.3, 0.4) is 0 Å². The van der Waals surface area contributed by atoms with Gasteiger partial charge in [0.2, 0.25) is 5.91 Å². The van der Waals surface area contributed by atoms with Crippen molar-refractivity contribution in [3.8, 4) is 5.75 Å². The second-order valence-corrected chi connectivity index (χ2v) is 6.46. The topological polar surface area (TPSA) is 75.6 Å². The molecule has 0 radical (unpaired) electrons. The Hall–Kier alpha value is -2.04. The van der Waals surface area contributed by atoms with E-state index in [0.29, 0.717) is 19.4 Å². The first kappa shape index (κ1) is 16.3. The van der Waals surface area contributed by atoms with Gasteiger partial charge in [-0.3, -0.25) is 9.59 Å². The lowest BCUT2D eigenvalue weighted by molar-refractivity contribution is -0.152. The fourth-order valence-corrected chi connectivity index (χ4v) is 2.69. The monoisotopic (exact) mass is 305 g/mol. The largest absolute Gasteiger partial charge is 0.497 e. The number of hydrogen-bond donors (Lipinski definition) is 2. The number of aliphatic carboxylic acids is 1. The molecule has 5 heteroatoms. The number of carbonyl (C=O) groups is 2. The van der Waals surface area contributed by atoms with Crippen LogP contribution >= 0.6 is 0 Å². The molecule has 1 amide bonds. The highest BCUT2D eigenvalue weighted by atomic mass is 16.5. The Morgan fingerprint density at radius 2 is 1.82 bits per heavy atom. The second kappa shape index (κ2) is 6.38. The van der Waals surface area contributed by atoms with Crippen molar-refractivity contribution in [1.82, 2.24) is 5.32 Å². The van der Waals surface area contributed by atoms with Gasteiger partial charge in [-0.2, -0.15) is 0 Å². The quantitative estimate of drug-likeness (QED) is 0.845. The van der Waals surface area contributed by atoms with Crippen molar-refractivity contribution in [3.63, 3.8) is 0 Å². The highest BCUT2D eigenvalue weighted by Gasteiger charge is 2.41. The van der Waals surface area contributed by atoms with E-state index < -0.39 is 11.9 Å². The van der Waals surface area contributed by atoms with Crippen LogP contribution in [0.2, 0.25) is 0 Å². The van der Waals surface area contributed by atoms with Gasteiger partial charge in [0.1, 0.15) is 5.75 Å². The smallest absolute Gasteiger partial charge is 0.307 e. The molecule has 1 aromatic rings. The molecule has 2 atom stereocenters. The van der Waals surface area contributed by atoms with Gasteiger partial charge in [-0.1, -0.05) is 26.0 Å². The van der Waals surface area contributed by atoms with Gasteiger partial charge >= 0.3 is 5.97 Å². The maximum Gasteiger partial charge on any atom is 0.307 e. The second-order valence-electron chi connectivity index (χ2n) is 6.46. The predicted octanol–water partition coefficient (Wildman–Crippen LogP) is 2.20. The van der Waals surface area contributed by atoms with Gasteiger partial charge in [-0.05, 0) is 30.5 Å². The van der Waals surface area contributed by atoms with E-state index in [1.165, 1.54) is 0 Å². The summed E-state index contributed by atoms with van der Waals surface area (Å²) in [6, 6.07) is 7.75. The summed E-state index contributed by atoms with van der Waals surface area (Å²) < 4.78 is 5.14. The summed E-state index contributed by atoms with van der Waals surface area (Å²) in [5.41, 5.74) is 0.863. The van der Waals surface area contributed by atoms with Crippen molar-refractivity contribution in [2.24, 2.45) is 11.8 Å². The predicted molar refractivity (Wildman–Crippen MR) is 82.9 cm³/mol. The molecular formula is C17H23NO4. The molecule has 1 aromatic carbocycles. The van der Waals surface area contributed by atoms with Crippen molar-refractivity contribution in [1.29, 1.82) is 0 Å². The Morgan fingerprint density at radius 3 is 2.27 bits per heavy atom. The standard InChI is InChI=1S/C17H23NO4/c1-17(2,11-4-6-12(22-3)7-5-11)10-18-15(19)13-8-9-14(13)16(20)21/h4-7,13-14H,8-10H2,1-3H3,(H,18,19)(H,20,21). The van der Waals surface area contributed by atoms with Gasteiger partial charge in [0, 0.05) is 12.0 Å². The van der Waals surface area contributed by atoms with Gasteiger partial charge in [0.15, 0.2) is 0 Å². The van der Waals surface area contributed by atoms with Crippen molar-refractivity contribution in [2.45, 2.75) is 32.1 Å². The lowest BCUT2D eigenvalue weighted by atomic mass is 9.73. The van der Waals surface area contributed by atoms with Crippen molar-refractivity contribution in [3.05, 3.63) is 29.8 Å². The molecule has 22 heavy (non-hydrogen) atoms. The number of nitrogens with one attached hydrogen (secondary N) is 1. The van der Waals surface area contributed by atoms with E-state index in [1.54, 1.807) is 7.11 Å². The van der Waals surface area contributed by atoms with E-state index in [2.05, 4.69) is 5.32 Å². The average Bonchev–Trinajstić information content (AvgIpc) is 2.43. The molecule has 0 heterocycles. The zero-order valence-corrected chi connectivity index (χ0v) is 13.3. The number of carbonyl (C=O) groups excluding carboxylic acids is 1. The van der Waals surface area contributed by atoms with E-state index in [-0.39, 0.29) is 17.2 Å². The highest BCUT2D eigenvalue weighted by Crippen LogP contribution is 2.34. The lowest BCUT2D eigenvalue weighted by Crippen LogP contribution is -2.47. The molecule has 1 fully saturated rings. The van der Waals surface area contributed by atoms with E-state index >= 15 is 0 Å². The first-order chi connectivity index (χ1) is 10.3. The number of benzene rings is 1. The van der Waals surface area contributed by atoms with Gasteiger partial charge in [-0.15, -0.1) is 0 Å². The summed E-state index contributed by atoms with van der Waals surface area (Å²) in [6.07, 6.45) is 1.25. The number of methoxy groups -OCH3 is 1. The Bertz CT molecular complexity index is 550. The van der Waals surface area contributed by atoms with E-state index in [0.717, 1.165) is 11.3 Å². The van der Waals surface area contributed by atoms with E-state index in [1.807, 2.05) is 38.1 Å². The third-order valence-corrected chi connectivity index (χ3v) is 4.50. The van der Waals surface area contributed by atoms with Gasteiger partial charge < -0.3 is 15.2 Å². The maximum atomic E-state index is 12.1. The zero-order valence-electron chi connectivity index (χ0n) is 13.3. The van der Waals surface area contributed by atoms with Crippen molar-refractivity contribution in [2.75, 3.05) is 13.7 Å². The summed E-state index contributed by atoms with van der Waals surface area (Å²) in [6.45, 7) is 4.57. The van der Waals surface area contributed by atoms with Gasteiger partial charge in [0.05, 0.1) is 18.9 Å². The summed E-state index contributed by atoms with van der Waals surface area (Å²) in [5.74, 6) is -1.14. The van der Waals surface area contributed by atoms with Crippen LogP contribution in [-0.2, 0) is 15.0 Å². The molecule has 0 aromatic heterocycles. The molecule has 2 unspecified atom stereocenters. The van der Waals surface area contributed by atoms with Crippen LogP contribution in [0.15, 0.2) is 24.3 Å². The van der Waals surface area contributed by atoms with Gasteiger partial charge in [-0.25, -0.2) is 0 Å². The molecule has 1 aliphatic rings. The maximum absolute atomic E-state index is 12.1. The molecule has 0 aliphatic heterocycles. The van der Waals surface area contributed by atoms with Crippen LogP contribution in [0.25, 0.3) is 0 Å². The van der Waals surface area contributed by atoms with Crippen LogP contribution < -0.4 is 10.1 Å². The minimum atomic E-state index is -0.874. The van der Waals surface area contributed by atoms with E-state index in [4.69, 9.17) is 9.84 Å². The molecule has 2 rings (SSSR count). The van der Waals surface area contributed by atoms with Crippen LogP contribution in [-0.4, -0.2) is 30.6 Å². The third-order valence-electron chi connectivity index (χ3n) is 4.50. The Labute approximate surface area is 130 Å². The summed E-state index contributed by atoms with van der Waals surface area (Å²) in [4.78, 5) is 23.1. The normalized spacial score (nSPS) is 20.9. The van der Waals surface area contributed by atoms with Crippen molar-refractivity contribution >= 4 is 11.9 Å². The lowest BCUT2D eigenvalue weighted by Gasteiger charge is -2.33. The summed E-state index contributed by atoms with van der Waals surface area (Å²) in [5, 5.41) is 11.9. The summed E-state index contributed by atoms with van der Waals surface area (Å²) in [7, 11) is 1.62. The first-order valence-electron chi connectivity index (χ1n) is 7.50. The molecule has 0 bridgehead atoms. The van der Waals surface area contributed by atoms with Crippen LogP contribution in [0, 0.1) is 11.8 Å². The number of carboxylic acid groups (broad SMARTS) is 1. The first-order valence-corrected chi connectivity index (χ1v) is 7.50. The molecule has 0 saturated heterocycles. The fraction of sp³-hybridized carbons (Fsp3) is 0.529. The third kappa shape index (κ3) is 3.40. The molecule has 1 aliphatic carbocycles. The number of rotatable bonds is 6. The van der Waals surface area contributed by atoms with E-state index in [9.17, 15) is 9.59 Å². The fourth-order valence-electron chi connectivity index (χ4n) is 2.69. The number of carboxylic acids is 1. The molecule has 120 valence electrons. The minimum absolute atomic E-state index is 0.153. The SMILES string of the molecule is COc1ccc(C(C)(C)CNC(=O)C2CCC2C(=O)O)cc1. The molecule has 1 saturated carbocycles. The molecule has 0 spiro atoms. The van der Waals surface area contributed by atoms with Crippen LogP contribution in [0.4, 0.5) is 0 Å². The Balaban J connectivity index is 1.94.